The van der Waals surface area contributed by atoms with Crippen molar-refractivity contribution >= 4 is 18.3 Å². The minimum absolute atomic E-state index is 0. The van der Waals surface area contributed by atoms with Crippen LogP contribution >= 0.6 is 12.4 Å². The molecule has 3 N–H and O–H groups in total. The quantitative estimate of drug-likeness (QED) is 0.774. The summed E-state index contributed by atoms with van der Waals surface area (Å²) in [7, 11) is 0. The average molecular weight is 295 g/mol. The molecule has 5 nitrogen and oxygen atoms in total. The Morgan fingerprint density at radius 3 is 2.32 bits per heavy atom. The van der Waals surface area contributed by atoms with Crippen molar-refractivity contribution in [3.05, 3.63) is 0 Å². The van der Waals surface area contributed by atoms with Crippen LogP contribution in [0.3, 0.4) is 0 Å². The molecule has 1 amide bonds. The normalized spacial score (nSPS) is 20.7. The highest BCUT2D eigenvalue weighted by atomic mass is 35.5. The Balaban J connectivity index is 0.00000324. The fourth-order valence-corrected chi connectivity index (χ4v) is 2.08. The molecule has 0 saturated carbocycles. The summed E-state index contributed by atoms with van der Waals surface area (Å²) in [6, 6.07) is -0.438. The molecule has 1 aliphatic heterocycles. The topological polar surface area (TPSA) is 73.6 Å². The van der Waals surface area contributed by atoms with E-state index in [1.165, 1.54) is 0 Å². The number of carbonyl (C=O) groups excluding carboxylic acids is 1. The number of hydrogen-bond donors (Lipinski definition) is 2. The highest BCUT2D eigenvalue weighted by Gasteiger charge is 2.32. The van der Waals surface area contributed by atoms with Crippen LogP contribution in [0.25, 0.3) is 0 Å². The third kappa shape index (κ3) is 6.08. The molecule has 1 unspecified atom stereocenters. The molecule has 0 aliphatic carbocycles. The molecule has 0 spiro atoms. The van der Waals surface area contributed by atoms with Gasteiger partial charge in [0.1, 0.15) is 0 Å². The van der Waals surface area contributed by atoms with Crippen molar-refractivity contribution in [2.75, 3.05) is 19.8 Å². The summed E-state index contributed by atoms with van der Waals surface area (Å²) in [6.45, 7) is 9.78. The van der Waals surface area contributed by atoms with Gasteiger partial charge in [0.15, 0.2) is 5.79 Å². The van der Waals surface area contributed by atoms with Gasteiger partial charge in [-0.05, 0) is 18.8 Å². The summed E-state index contributed by atoms with van der Waals surface area (Å²) in [4.78, 5) is 11.7. The Morgan fingerprint density at radius 2 is 1.84 bits per heavy atom. The van der Waals surface area contributed by atoms with Crippen LogP contribution in [-0.2, 0) is 14.3 Å². The van der Waals surface area contributed by atoms with E-state index < -0.39 is 11.8 Å². The van der Waals surface area contributed by atoms with Crippen LogP contribution in [0.4, 0.5) is 0 Å². The minimum Gasteiger partial charge on any atom is -0.354 e. The Bertz CT molecular complexity index is 281. The van der Waals surface area contributed by atoms with Gasteiger partial charge in [0.05, 0.1) is 19.3 Å². The Labute approximate surface area is 122 Å². The van der Waals surface area contributed by atoms with Crippen LogP contribution in [0.1, 0.15) is 34.1 Å². The van der Waals surface area contributed by atoms with E-state index in [9.17, 15) is 4.79 Å². The second-order valence-corrected chi connectivity index (χ2v) is 5.65. The summed E-state index contributed by atoms with van der Waals surface area (Å²) in [5.41, 5.74) is 5.77. The van der Waals surface area contributed by atoms with Crippen LogP contribution in [0.15, 0.2) is 0 Å². The highest BCUT2D eigenvalue weighted by Crippen LogP contribution is 2.26. The lowest BCUT2D eigenvalue weighted by Gasteiger charge is -2.26. The van der Waals surface area contributed by atoms with Crippen LogP contribution in [0.5, 0.6) is 0 Å². The van der Waals surface area contributed by atoms with Crippen LogP contribution in [-0.4, -0.2) is 37.5 Å². The molecular weight excluding hydrogens is 268 g/mol. The van der Waals surface area contributed by atoms with Gasteiger partial charge in [-0.2, -0.15) is 0 Å². The van der Waals surface area contributed by atoms with Crippen LogP contribution in [0, 0.1) is 11.8 Å². The number of amides is 1. The van der Waals surface area contributed by atoms with Gasteiger partial charge in [0.25, 0.3) is 0 Å². The van der Waals surface area contributed by atoms with E-state index in [0.717, 1.165) is 6.42 Å². The fraction of sp³-hybridized carbons (Fsp3) is 0.923. The zero-order chi connectivity index (χ0) is 13.8. The lowest BCUT2D eigenvalue weighted by atomic mass is 10.0. The first kappa shape index (κ1) is 18.6. The lowest BCUT2D eigenvalue weighted by molar-refractivity contribution is -0.154. The predicted molar refractivity (Wildman–Crippen MR) is 77.2 cm³/mol. The molecule has 6 heteroatoms. The molecule has 114 valence electrons. The maximum Gasteiger partial charge on any atom is 0.237 e. The molecule has 1 aliphatic rings. The van der Waals surface area contributed by atoms with E-state index in [0.29, 0.717) is 19.8 Å². The van der Waals surface area contributed by atoms with Gasteiger partial charge in [0.2, 0.25) is 5.91 Å². The van der Waals surface area contributed by atoms with E-state index in [1.807, 2.05) is 20.8 Å². The van der Waals surface area contributed by atoms with E-state index in [1.54, 1.807) is 0 Å². The molecule has 1 fully saturated rings. The van der Waals surface area contributed by atoms with Crippen molar-refractivity contribution in [3.8, 4) is 0 Å². The monoisotopic (exact) mass is 294 g/mol. The second kappa shape index (κ2) is 8.04. The van der Waals surface area contributed by atoms with E-state index in [4.69, 9.17) is 15.2 Å². The first-order chi connectivity index (χ1) is 8.34. The maximum absolute atomic E-state index is 11.7. The molecule has 1 heterocycles. The third-order valence-electron chi connectivity index (χ3n) is 3.26. The van der Waals surface area contributed by atoms with E-state index >= 15 is 0 Å². The number of halogens is 1. The molecule has 2 atom stereocenters. The van der Waals surface area contributed by atoms with Crippen molar-refractivity contribution < 1.29 is 14.3 Å². The van der Waals surface area contributed by atoms with Gasteiger partial charge in [-0.25, -0.2) is 0 Å². The van der Waals surface area contributed by atoms with Crippen molar-refractivity contribution in [3.63, 3.8) is 0 Å². The SMILES string of the molecule is CC(CNC(=O)[C@@H](N)C(C)C)CC1(C)OCCO1.Cl. The van der Waals surface area contributed by atoms with E-state index in [2.05, 4.69) is 12.2 Å². The Morgan fingerprint density at radius 1 is 1.32 bits per heavy atom. The smallest absolute Gasteiger partial charge is 0.237 e. The number of hydrogen-bond acceptors (Lipinski definition) is 4. The summed E-state index contributed by atoms with van der Waals surface area (Å²) >= 11 is 0. The summed E-state index contributed by atoms with van der Waals surface area (Å²) in [5, 5.41) is 2.88. The summed E-state index contributed by atoms with van der Waals surface area (Å²) in [6.07, 6.45) is 0.768. The maximum atomic E-state index is 11.7. The molecule has 19 heavy (non-hydrogen) atoms. The largest absolute Gasteiger partial charge is 0.354 e. The minimum atomic E-state index is -0.496. The van der Waals surface area contributed by atoms with Gasteiger partial charge in [-0.1, -0.05) is 20.8 Å². The standard InChI is InChI=1S/C13H26N2O3.ClH/c1-9(2)11(14)12(16)15-8-10(3)7-13(4)17-5-6-18-13;/h9-11H,5-8,14H2,1-4H3,(H,15,16);1H/t10?,11-;/m0./s1. The summed E-state index contributed by atoms with van der Waals surface area (Å²) in [5.74, 6) is -0.143. The highest BCUT2D eigenvalue weighted by molar-refractivity contribution is 5.85. The van der Waals surface area contributed by atoms with Crippen molar-refractivity contribution in [1.82, 2.24) is 5.32 Å². The number of nitrogens with one attached hydrogen (secondary N) is 1. The van der Waals surface area contributed by atoms with Crippen molar-refractivity contribution in [2.24, 2.45) is 17.6 Å². The average Bonchev–Trinajstić information content (AvgIpc) is 2.71. The van der Waals surface area contributed by atoms with Crippen molar-refractivity contribution in [1.29, 1.82) is 0 Å². The molecule has 1 rings (SSSR count). The van der Waals surface area contributed by atoms with Gasteiger partial charge < -0.3 is 20.5 Å². The molecular formula is C13H27ClN2O3. The van der Waals surface area contributed by atoms with Gasteiger partial charge in [0, 0.05) is 13.0 Å². The zero-order valence-corrected chi connectivity index (χ0v) is 13.1. The zero-order valence-electron chi connectivity index (χ0n) is 12.3. The number of nitrogens with two attached hydrogens (primary N) is 1. The second-order valence-electron chi connectivity index (χ2n) is 5.65. The van der Waals surface area contributed by atoms with Crippen LogP contribution < -0.4 is 11.1 Å². The number of ether oxygens (including phenoxy) is 2. The van der Waals surface area contributed by atoms with Gasteiger partial charge in [-0.3, -0.25) is 4.79 Å². The van der Waals surface area contributed by atoms with Gasteiger partial charge in [-0.15, -0.1) is 12.4 Å². The number of rotatable bonds is 6. The molecule has 0 aromatic rings. The summed E-state index contributed by atoms with van der Waals surface area (Å²) < 4.78 is 11.1. The predicted octanol–water partition coefficient (Wildman–Crippen LogP) is 1.30. The molecule has 0 radical (unpaired) electrons. The Kier molecular flexibility index (Phi) is 7.89. The molecule has 0 aromatic heterocycles. The van der Waals surface area contributed by atoms with Gasteiger partial charge >= 0.3 is 0 Å². The van der Waals surface area contributed by atoms with E-state index in [-0.39, 0.29) is 30.2 Å². The fourth-order valence-electron chi connectivity index (χ4n) is 2.08. The first-order valence-electron chi connectivity index (χ1n) is 6.65. The van der Waals surface area contributed by atoms with Crippen LogP contribution in [0.2, 0.25) is 0 Å². The Hall–Kier alpha value is -0.360. The lowest BCUT2D eigenvalue weighted by Crippen LogP contribution is -2.45. The molecule has 0 bridgehead atoms. The molecule has 0 aromatic carbocycles. The first-order valence-corrected chi connectivity index (χ1v) is 6.65. The van der Waals surface area contributed by atoms with Crippen molar-refractivity contribution in [2.45, 2.75) is 45.9 Å². The number of carbonyl (C=O) groups is 1. The third-order valence-corrected chi connectivity index (χ3v) is 3.26. The molecule has 1 saturated heterocycles.